The molecule has 2 aliphatic heterocycles. The second-order valence-electron chi connectivity index (χ2n) is 9.11. The Kier molecular flexibility index (Phi) is 7.22. The summed E-state index contributed by atoms with van der Waals surface area (Å²) in [6, 6.07) is 13.6. The summed E-state index contributed by atoms with van der Waals surface area (Å²) < 4.78 is 5.39. The monoisotopic (exact) mass is 462 g/mol. The number of urea groups is 1. The predicted octanol–water partition coefficient (Wildman–Crippen LogP) is 3.61. The first-order valence-corrected chi connectivity index (χ1v) is 11.9. The summed E-state index contributed by atoms with van der Waals surface area (Å²) in [6.45, 7) is 12.3. The SMILES string of the molecule is CCOC(=O)C1=C(CN2CCN(c3ccc(C)cc3C)CC2)NC(=O)NC1c1ccc(C)cc1. The van der Waals surface area contributed by atoms with E-state index in [4.69, 9.17) is 4.74 Å². The normalized spacial score (nSPS) is 19.0. The Hall–Kier alpha value is -3.32. The standard InChI is InChI=1S/C27H34N4O3/c1-5-34-26(32)24-22(28-27(33)29-25(24)21-9-6-18(2)7-10-21)17-30-12-14-31(15-13-30)23-11-8-19(3)16-20(23)4/h6-11,16,25H,5,12-15,17H2,1-4H3,(H2,28,29,33). The van der Waals surface area contributed by atoms with Crippen molar-refractivity contribution < 1.29 is 14.3 Å². The number of hydrogen-bond donors (Lipinski definition) is 2. The molecule has 2 aliphatic rings. The first-order chi connectivity index (χ1) is 16.4. The van der Waals surface area contributed by atoms with Crippen molar-refractivity contribution in [3.05, 3.63) is 76.0 Å². The van der Waals surface area contributed by atoms with Crippen LogP contribution in [0, 0.1) is 20.8 Å². The summed E-state index contributed by atoms with van der Waals surface area (Å²) in [4.78, 5) is 30.3. The summed E-state index contributed by atoms with van der Waals surface area (Å²) in [5.74, 6) is -0.399. The Morgan fingerprint density at radius 1 is 1.00 bits per heavy atom. The van der Waals surface area contributed by atoms with E-state index < -0.39 is 12.0 Å². The molecule has 1 fully saturated rings. The van der Waals surface area contributed by atoms with Crippen molar-refractivity contribution in [2.24, 2.45) is 0 Å². The Morgan fingerprint density at radius 2 is 1.68 bits per heavy atom. The number of anilines is 1. The van der Waals surface area contributed by atoms with Crippen LogP contribution in [-0.4, -0.2) is 56.2 Å². The van der Waals surface area contributed by atoms with E-state index in [2.05, 4.69) is 52.5 Å². The first kappa shape index (κ1) is 23.8. The maximum absolute atomic E-state index is 13.0. The number of hydrogen-bond acceptors (Lipinski definition) is 5. The number of piperazine rings is 1. The lowest BCUT2D eigenvalue weighted by Crippen LogP contribution is -2.52. The third-order valence-electron chi connectivity index (χ3n) is 6.51. The van der Waals surface area contributed by atoms with E-state index in [1.165, 1.54) is 16.8 Å². The van der Waals surface area contributed by atoms with Gasteiger partial charge in [-0.1, -0.05) is 47.5 Å². The number of aryl methyl sites for hydroxylation is 3. The second-order valence-corrected chi connectivity index (χ2v) is 9.11. The fraction of sp³-hybridized carbons (Fsp3) is 0.407. The van der Waals surface area contributed by atoms with Crippen molar-refractivity contribution in [1.29, 1.82) is 0 Å². The molecule has 7 nitrogen and oxygen atoms in total. The number of rotatable bonds is 6. The Labute approximate surface area is 201 Å². The maximum Gasteiger partial charge on any atom is 0.338 e. The molecule has 7 heteroatoms. The molecule has 2 aromatic carbocycles. The van der Waals surface area contributed by atoms with Crippen LogP contribution in [0.1, 0.15) is 35.2 Å². The fourth-order valence-electron chi connectivity index (χ4n) is 4.73. The molecule has 0 saturated carbocycles. The Bertz CT molecular complexity index is 1090. The number of carbonyl (C=O) groups excluding carboxylic acids is 2. The highest BCUT2D eigenvalue weighted by Crippen LogP contribution is 2.29. The molecule has 1 atom stereocenters. The number of nitrogens with one attached hydrogen (secondary N) is 2. The van der Waals surface area contributed by atoms with Crippen LogP contribution in [0.25, 0.3) is 0 Å². The highest BCUT2D eigenvalue weighted by atomic mass is 16.5. The summed E-state index contributed by atoms with van der Waals surface area (Å²) in [7, 11) is 0. The molecule has 2 aromatic rings. The summed E-state index contributed by atoms with van der Waals surface area (Å²) in [5.41, 5.74) is 6.89. The molecule has 2 heterocycles. The summed E-state index contributed by atoms with van der Waals surface area (Å²) >= 11 is 0. The molecule has 34 heavy (non-hydrogen) atoms. The van der Waals surface area contributed by atoms with Gasteiger partial charge in [-0.25, -0.2) is 9.59 Å². The molecule has 0 radical (unpaired) electrons. The van der Waals surface area contributed by atoms with Gasteiger partial charge in [0.25, 0.3) is 0 Å². The topological polar surface area (TPSA) is 73.9 Å². The first-order valence-electron chi connectivity index (χ1n) is 11.9. The van der Waals surface area contributed by atoms with Gasteiger partial charge in [0.05, 0.1) is 18.2 Å². The summed E-state index contributed by atoms with van der Waals surface area (Å²) in [5, 5.41) is 5.81. The number of nitrogens with zero attached hydrogens (tertiary/aromatic N) is 2. The van der Waals surface area contributed by atoms with E-state index in [9.17, 15) is 9.59 Å². The Balaban J connectivity index is 1.55. The molecule has 1 saturated heterocycles. The van der Waals surface area contributed by atoms with E-state index in [0.717, 1.165) is 37.3 Å². The number of carbonyl (C=O) groups is 2. The molecule has 2 N–H and O–H groups in total. The van der Waals surface area contributed by atoms with Crippen molar-refractivity contribution in [1.82, 2.24) is 15.5 Å². The van der Waals surface area contributed by atoms with Gasteiger partial charge in [0.15, 0.2) is 0 Å². The smallest absolute Gasteiger partial charge is 0.338 e. The maximum atomic E-state index is 13.0. The third kappa shape index (κ3) is 5.25. The highest BCUT2D eigenvalue weighted by Gasteiger charge is 2.34. The van der Waals surface area contributed by atoms with Crippen LogP contribution in [0.4, 0.5) is 10.5 Å². The lowest BCUT2D eigenvalue weighted by molar-refractivity contribution is -0.139. The van der Waals surface area contributed by atoms with Crippen LogP contribution < -0.4 is 15.5 Å². The van der Waals surface area contributed by atoms with E-state index in [0.29, 0.717) is 17.8 Å². The minimum atomic E-state index is -0.542. The van der Waals surface area contributed by atoms with Gasteiger partial charge in [0.1, 0.15) is 0 Å². The molecule has 180 valence electrons. The highest BCUT2D eigenvalue weighted by molar-refractivity contribution is 5.95. The molecular formula is C27H34N4O3. The number of amides is 2. The van der Waals surface area contributed by atoms with E-state index in [1.54, 1.807) is 6.92 Å². The predicted molar refractivity (Wildman–Crippen MR) is 134 cm³/mol. The minimum absolute atomic E-state index is 0.277. The summed E-state index contributed by atoms with van der Waals surface area (Å²) in [6.07, 6.45) is 0. The van der Waals surface area contributed by atoms with Gasteiger partial charge in [-0.15, -0.1) is 0 Å². The van der Waals surface area contributed by atoms with Gasteiger partial charge in [-0.2, -0.15) is 0 Å². The quantitative estimate of drug-likeness (QED) is 0.642. The lowest BCUT2D eigenvalue weighted by atomic mass is 9.94. The van der Waals surface area contributed by atoms with Crippen molar-refractivity contribution in [3.63, 3.8) is 0 Å². The second kappa shape index (κ2) is 10.3. The van der Waals surface area contributed by atoms with Gasteiger partial charge < -0.3 is 20.3 Å². The number of esters is 1. The van der Waals surface area contributed by atoms with E-state index in [1.807, 2.05) is 31.2 Å². The van der Waals surface area contributed by atoms with Crippen molar-refractivity contribution in [3.8, 4) is 0 Å². The fourth-order valence-corrected chi connectivity index (χ4v) is 4.73. The molecule has 0 bridgehead atoms. The molecule has 0 spiro atoms. The van der Waals surface area contributed by atoms with Crippen LogP contribution in [0.15, 0.2) is 53.7 Å². The van der Waals surface area contributed by atoms with E-state index in [-0.39, 0.29) is 12.6 Å². The zero-order chi connectivity index (χ0) is 24.2. The van der Waals surface area contributed by atoms with Crippen LogP contribution in [-0.2, 0) is 9.53 Å². The van der Waals surface area contributed by atoms with Crippen molar-refractivity contribution >= 4 is 17.7 Å². The molecule has 2 amide bonds. The molecule has 0 aromatic heterocycles. The molecule has 1 unspecified atom stereocenters. The lowest BCUT2D eigenvalue weighted by Gasteiger charge is -2.38. The number of ether oxygens (including phenoxy) is 1. The van der Waals surface area contributed by atoms with Gasteiger partial charge >= 0.3 is 12.0 Å². The largest absolute Gasteiger partial charge is 0.463 e. The van der Waals surface area contributed by atoms with Crippen LogP contribution >= 0.6 is 0 Å². The van der Waals surface area contributed by atoms with Crippen molar-refractivity contribution in [2.75, 3.05) is 44.2 Å². The van der Waals surface area contributed by atoms with Gasteiger partial charge in [0, 0.05) is 44.1 Å². The number of benzene rings is 2. The van der Waals surface area contributed by atoms with Crippen LogP contribution in [0.2, 0.25) is 0 Å². The average molecular weight is 463 g/mol. The van der Waals surface area contributed by atoms with Crippen molar-refractivity contribution in [2.45, 2.75) is 33.7 Å². The average Bonchev–Trinajstić information content (AvgIpc) is 2.80. The zero-order valence-corrected chi connectivity index (χ0v) is 20.5. The van der Waals surface area contributed by atoms with Gasteiger partial charge in [-0.3, -0.25) is 4.90 Å². The van der Waals surface area contributed by atoms with Gasteiger partial charge in [0.2, 0.25) is 0 Å². The molecule has 0 aliphatic carbocycles. The third-order valence-corrected chi connectivity index (χ3v) is 6.51. The van der Waals surface area contributed by atoms with E-state index >= 15 is 0 Å². The zero-order valence-electron chi connectivity index (χ0n) is 20.5. The van der Waals surface area contributed by atoms with Crippen LogP contribution in [0.3, 0.4) is 0 Å². The molecule has 4 rings (SSSR count). The van der Waals surface area contributed by atoms with Gasteiger partial charge in [-0.05, 0) is 44.9 Å². The minimum Gasteiger partial charge on any atom is -0.463 e. The molecular weight excluding hydrogens is 428 g/mol. The Morgan fingerprint density at radius 3 is 2.32 bits per heavy atom. The van der Waals surface area contributed by atoms with Crippen LogP contribution in [0.5, 0.6) is 0 Å².